The van der Waals surface area contributed by atoms with Crippen LogP contribution in [-0.4, -0.2) is 46.7 Å². The topological polar surface area (TPSA) is 131 Å². The Bertz CT molecular complexity index is 5360. The van der Waals surface area contributed by atoms with Gasteiger partial charge in [0.1, 0.15) is 0 Å². The van der Waals surface area contributed by atoms with Crippen molar-refractivity contribution >= 4 is 127 Å². The first-order valence-electron chi connectivity index (χ1n) is 33.1. The molecule has 3 aliphatic heterocycles. The van der Waals surface area contributed by atoms with Crippen LogP contribution >= 0.6 is 31.9 Å². The van der Waals surface area contributed by atoms with Crippen LogP contribution in [0.1, 0.15) is 59.5 Å². The first kappa shape index (κ1) is 68.6. The normalized spacial score (nSPS) is 14.6. The van der Waals surface area contributed by atoms with E-state index in [1.54, 1.807) is 48.5 Å². The molecule has 0 N–H and O–H groups in total. The zero-order chi connectivity index (χ0) is 70.9. The Morgan fingerprint density at radius 3 is 0.941 bits per heavy atom. The highest BCUT2D eigenvalue weighted by atomic mass is 79.9. The number of carbonyl (C=O) groups is 2. The number of para-hydroxylation sites is 6. The second-order valence-corrected chi connectivity index (χ2v) is 31.3. The molecule has 0 spiro atoms. The lowest BCUT2D eigenvalue weighted by molar-refractivity contribution is 0.00578. The highest BCUT2D eigenvalue weighted by Gasteiger charge is 2.52. The summed E-state index contributed by atoms with van der Waals surface area (Å²) in [4.78, 5) is 33.1. The van der Waals surface area contributed by atoms with E-state index in [1.807, 2.05) is 140 Å². The number of rotatable bonds is 12. The van der Waals surface area contributed by atoms with Gasteiger partial charge < -0.3 is 24.0 Å². The zero-order valence-corrected chi connectivity index (χ0v) is 60.7. The summed E-state index contributed by atoms with van der Waals surface area (Å²) < 4.78 is 67.0. The van der Waals surface area contributed by atoms with Crippen molar-refractivity contribution in [2.24, 2.45) is 0 Å². The van der Waals surface area contributed by atoms with E-state index in [0.29, 0.717) is 14.5 Å². The van der Waals surface area contributed by atoms with E-state index in [1.165, 1.54) is 18.2 Å². The molecule has 102 heavy (non-hydrogen) atoms. The predicted molar refractivity (Wildman–Crippen MR) is 416 cm³/mol. The molecule has 16 heteroatoms. The monoisotopic (exact) mass is 1500 g/mol. The van der Waals surface area contributed by atoms with Gasteiger partial charge in [-0.1, -0.05) is 190 Å². The van der Waals surface area contributed by atoms with Gasteiger partial charge in [0.25, 0.3) is 0 Å². The number of hydrogen-bond donors (Lipinski definition) is 0. The average Bonchev–Trinajstić information content (AvgIpc) is 1.11. The van der Waals surface area contributed by atoms with Crippen LogP contribution in [0.2, 0.25) is 0 Å². The lowest BCUT2D eigenvalue weighted by atomic mass is 9.79. The number of sulfone groups is 2. The minimum Gasteiger partial charge on any atom is -0.399 e. The van der Waals surface area contributed by atoms with E-state index in [9.17, 15) is 26.4 Å². The van der Waals surface area contributed by atoms with Crippen molar-refractivity contribution in [1.29, 1.82) is 0 Å². The number of benzene rings is 13. The molecule has 0 unspecified atom stereocenters. The van der Waals surface area contributed by atoms with Crippen LogP contribution < -0.4 is 20.2 Å². The van der Waals surface area contributed by atoms with E-state index < -0.39 is 19.7 Å². The van der Waals surface area contributed by atoms with Crippen LogP contribution in [0, 0.1) is 0 Å². The summed E-state index contributed by atoms with van der Waals surface area (Å²) in [5.74, 6) is -0.575. The van der Waals surface area contributed by atoms with Gasteiger partial charge in [0.15, 0.2) is 11.6 Å². The predicted octanol–water partition coefficient (Wildman–Crippen LogP) is 21.4. The second-order valence-electron chi connectivity index (χ2n) is 25.7. The van der Waals surface area contributed by atoms with Crippen LogP contribution in [0.15, 0.2) is 356 Å². The van der Waals surface area contributed by atoms with Crippen LogP contribution in [0.3, 0.4) is 0 Å². The summed E-state index contributed by atoms with van der Waals surface area (Å²) in [5.41, 5.74) is 13.7. The fourth-order valence-corrected chi connectivity index (χ4v) is 16.9. The lowest BCUT2D eigenvalue weighted by Gasteiger charge is -2.32. The standard InChI is InChI=1S/C49H34N2O3S.C24H26BNO2.C13H6Br2O3S/c52-49-45-31-25-38(36-23-29-44(30-24-36)51(41-17-9-3-10-18-41)42-19-11-4-12-20-42)34-48(45)55(53,54)47-32-26-37(33-46(47)49)35-21-27-43(28-22-35)50(39-13-5-1-6-14-39)40-15-7-2-8-16-40;1-23(2)24(3,4)28-25(27-23)19-15-17-22(18-16-19)26(20-11-7-5-8-12-20)21-13-9-6-10-14-21;14-7-2-4-11-10(5-7)13(16)9-3-1-8(15)6-12(9)19(11,17)18/h1-34H;5-18H,1-4H3;1-6H. The molecular formula is C86H66BBr2N3O8S2. The van der Waals surface area contributed by atoms with Crippen molar-refractivity contribution in [2.45, 2.75) is 58.5 Å². The molecular weight excluding hydrogens is 1440 g/mol. The maximum absolute atomic E-state index is 14.2. The van der Waals surface area contributed by atoms with Crippen LogP contribution in [0.25, 0.3) is 22.3 Å². The number of fused-ring (bicyclic) bond motifs is 4. The maximum atomic E-state index is 14.2. The zero-order valence-electron chi connectivity index (χ0n) is 55.9. The molecule has 3 heterocycles. The lowest BCUT2D eigenvalue weighted by Crippen LogP contribution is -2.41. The minimum atomic E-state index is -3.97. The summed E-state index contributed by atoms with van der Waals surface area (Å²) in [5, 5.41) is 0. The van der Waals surface area contributed by atoms with E-state index in [0.717, 1.165) is 73.3 Å². The highest BCUT2D eigenvalue weighted by Crippen LogP contribution is 2.44. The molecule has 0 radical (unpaired) electrons. The smallest absolute Gasteiger partial charge is 0.399 e. The van der Waals surface area contributed by atoms with Crippen molar-refractivity contribution in [1.82, 2.24) is 0 Å². The van der Waals surface area contributed by atoms with Gasteiger partial charge in [-0.2, -0.15) is 0 Å². The van der Waals surface area contributed by atoms with E-state index in [-0.39, 0.29) is 71.7 Å². The largest absolute Gasteiger partial charge is 0.494 e. The number of nitrogens with zero attached hydrogens (tertiary/aromatic N) is 3. The van der Waals surface area contributed by atoms with Gasteiger partial charge >= 0.3 is 7.12 Å². The van der Waals surface area contributed by atoms with Crippen LogP contribution in [-0.2, 0) is 29.0 Å². The SMILES string of the molecule is CC1(C)OB(c2ccc(N(c3ccccc3)c3ccccc3)cc2)OC1(C)C.O=C1c2cc(-c3ccc(N(c4ccccc4)c4ccccc4)cc3)ccc2S(=O)(=O)c2cc(-c3ccc(N(c4ccccc4)c4ccccc4)cc3)ccc21.O=C1c2cc(Br)ccc2S(=O)(=O)c2cc(Br)ccc21. The van der Waals surface area contributed by atoms with Gasteiger partial charge in [-0.05, 0) is 225 Å². The number of carbonyl (C=O) groups excluding carboxylic acids is 2. The number of anilines is 9. The molecule has 0 aliphatic carbocycles. The summed E-state index contributed by atoms with van der Waals surface area (Å²) in [6.45, 7) is 8.31. The van der Waals surface area contributed by atoms with Crippen molar-refractivity contribution in [3.8, 4) is 22.3 Å². The Hall–Kier alpha value is -10.6. The third-order valence-electron chi connectivity index (χ3n) is 18.7. The molecule has 13 aromatic rings. The van der Waals surface area contributed by atoms with E-state index in [2.05, 4.69) is 196 Å². The molecule has 3 aliphatic rings. The Morgan fingerprint density at radius 2 is 0.559 bits per heavy atom. The van der Waals surface area contributed by atoms with Crippen molar-refractivity contribution in [2.75, 3.05) is 14.7 Å². The van der Waals surface area contributed by atoms with Crippen LogP contribution in [0.4, 0.5) is 51.2 Å². The minimum absolute atomic E-state index is 0.0264. The van der Waals surface area contributed by atoms with E-state index in [4.69, 9.17) is 9.31 Å². The fourth-order valence-electron chi connectivity index (χ4n) is 12.7. The quantitative estimate of drug-likeness (QED) is 0.108. The van der Waals surface area contributed by atoms with Gasteiger partial charge in [0.05, 0.1) is 30.8 Å². The molecule has 13 aromatic carbocycles. The van der Waals surface area contributed by atoms with Gasteiger partial charge in [-0.25, -0.2) is 16.8 Å². The summed E-state index contributed by atoms with van der Waals surface area (Å²) in [6.07, 6.45) is 0. The number of halogens is 2. The van der Waals surface area contributed by atoms with Gasteiger partial charge in [-0.15, -0.1) is 0 Å². The number of hydrogen-bond acceptors (Lipinski definition) is 11. The molecule has 1 saturated heterocycles. The molecule has 0 atom stereocenters. The molecule has 0 bridgehead atoms. The molecule has 0 amide bonds. The third-order valence-corrected chi connectivity index (χ3v) is 23.4. The molecule has 0 aromatic heterocycles. The maximum Gasteiger partial charge on any atom is 0.494 e. The fraction of sp³-hybridized carbons (Fsp3) is 0.0698. The Morgan fingerprint density at radius 1 is 0.284 bits per heavy atom. The second kappa shape index (κ2) is 28.5. The average molecular weight is 1500 g/mol. The summed E-state index contributed by atoms with van der Waals surface area (Å²) >= 11 is 6.48. The van der Waals surface area contributed by atoms with Gasteiger partial charge in [0, 0.05) is 82.4 Å². The molecule has 16 rings (SSSR count). The Labute approximate surface area is 612 Å². The van der Waals surface area contributed by atoms with Crippen molar-refractivity contribution in [3.63, 3.8) is 0 Å². The molecule has 0 saturated carbocycles. The Kier molecular flexibility index (Phi) is 19.1. The molecule has 502 valence electrons. The summed E-state index contributed by atoms with van der Waals surface area (Å²) in [6, 6.07) is 105. The van der Waals surface area contributed by atoms with Crippen LogP contribution in [0.5, 0.6) is 0 Å². The first-order valence-corrected chi connectivity index (χ1v) is 37.6. The van der Waals surface area contributed by atoms with Crippen molar-refractivity contribution < 1.29 is 35.7 Å². The highest BCUT2D eigenvalue weighted by molar-refractivity contribution is 9.10. The Balaban J connectivity index is 0.000000154. The van der Waals surface area contributed by atoms with Gasteiger partial charge in [0.2, 0.25) is 19.7 Å². The number of ketones is 2. The third kappa shape index (κ3) is 13.6. The van der Waals surface area contributed by atoms with E-state index >= 15 is 0 Å². The molecule has 1 fully saturated rings. The first-order chi connectivity index (χ1) is 49.2. The molecule has 11 nitrogen and oxygen atoms in total. The van der Waals surface area contributed by atoms with Crippen molar-refractivity contribution in [3.05, 3.63) is 359 Å². The van der Waals surface area contributed by atoms with Gasteiger partial charge in [-0.3, -0.25) is 9.59 Å². The summed E-state index contributed by atoms with van der Waals surface area (Å²) in [7, 11) is -7.96.